The number of nitrogens with one attached hydrogen (secondary N) is 1. The third kappa shape index (κ3) is 4.45. The van der Waals surface area contributed by atoms with E-state index in [1.165, 1.54) is 0 Å². The van der Waals surface area contributed by atoms with Crippen LogP contribution in [0.4, 0.5) is 0 Å². The van der Waals surface area contributed by atoms with Crippen molar-refractivity contribution in [2.24, 2.45) is 5.92 Å². The Hall–Kier alpha value is -1.35. The van der Waals surface area contributed by atoms with Crippen molar-refractivity contribution >= 4 is 5.91 Å². The molecule has 0 bridgehead atoms. The van der Waals surface area contributed by atoms with Crippen LogP contribution in [-0.2, 0) is 17.9 Å². The summed E-state index contributed by atoms with van der Waals surface area (Å²) < 4.78 is 0. The molecule has 0 saturated heterocycles. The fourth-order valence-corrected chi connectivity index (χ4v) is 1.41. The number of hydrogen-bond acceptors (Lipinski definition) is 2. The van der Waals surface area contributed by atoms with E-state index in [9.17, 15) is 4.79 Å². The van der Waals surface area contributed by atoms with Crippen molar-refractivity contribution in [3.63, 3.8) is 0 Å². The highest BCUT2D eigenvalue weighted by Gasteiger charge is 2.03. The van der Waals surface area contributed by atoms with Gasteiger partial charge in [-0.15, -0.1) is 0 Å². The molecule has 0 aliphatic heterocycles. The standard InChI is InChI=1S/C13H19NO2/c1-10(2)7-13(16)14-8-11-3-5-12(9-15)6-4-11/h3-6,10,15H,7-9H2,1-2H3,(H,14,16). The zero-order valence-electron chi connectivity index (χ0n) is 9.86. The molecule has 0 fully saturated rings. The second-order valence-electron chi connectivity index (χ2n) is 4.35. The minimum atomic E-state index is 0.0555. The lowest BCUT2D eigenvalue weighted by Gasteiger charge is -2.07. The van der Waals surface area contributed by atoms with Crippen LogP contribution in [0.5, 0.6) is 0 Å². The molecule has 2 N–H and O–H groups in total. The van der Waals surface area contributed by atoms with Crippen LogP contribution >= 0.6 is 0 Å². The third-order valence-corrected chi connectivity index (χ3v) is 2.29. The molecule has 0 radical (unpaired) electrons. The Morgan fingerprint density at radius 3 is 2.31 bits per heavy atom. The summed E-state index contributed by atoms with van der Waals surface area (Å²) in [5.41, 5.74) is 1.94. The summed E-state index contributed by atoms with van der Waals surface area (Å²) in [5, 5.41) is 11.7. The Bertz CT molecular complexity index is 330. The van der Waals surface area contributed by atoms with E-state index in [1.807, 2.05) is 38.1 Å². The Morgan fingerprint density at radius 2 is 1.81 bits per heavy atom. The van der Waals surface area contributed by atoms with Gasteiger partial charge in [0.05, 0.1) is 6.61 Å². The smallest absolute Gasteiger partial charge is 0.220 e. The topological polar surface area (TPSA) is 49.3 Å². The Balaban J connectivity index is 2.39. The van der Waals surface area contributed by atoms with Gasteiger partial charge in [0.2, 0.25) is 5.91 Å². The van der Waals surface area contributed by atoms with Crippen LogP contribution in [0.3, 0.4) is 0 Å². The minimum Gasteiger partial charge on any atom is -0.392 e. The fraction of sp³-hybridized carbons (Fsp3) is 0.462. The molecule has 0 aliphatic rings. The van der Waals surface area contributed by atoms with Crippen molar-refractivity contribution < 1.29 is 9.90 Å². The Morgan fingerprint density at radius 1 is 1.25 bits per heavy atom. The Kier molecular flexibility index (Phi) is 4.99. The number of benzene rings is 1. The SMILES string of the molecule is CC(C)CC(=O)NCc1ccc(CO)cc1. The molecule has 0 spiro atoms. The van der Waals surface area contributed by atoms with Gasteiger partial charge < -0.3 is 10.4 Å². The number of rotatable bonds is 5. The van der Waals surface area contributed by atoms with Gasteiger partial charge in [-0.25, -0.2) is 0 Å². The molecular formula is C13H19NO2. The molecule has 1 aromatic carbocycles. The van der Waals surface area contributed by atoms with Crippen molar-refractivity contribution in [3.8, 4) is 0 Å². The summed E-state index contributed by atoms with van der Waals surface area (Å²) in [5.74, 6) is 0.470. The maximum Gasteiger partial charge on any atom is 0.220 e. The summed E-state index contributed by atoms with van der Waals surface area (Å²) in [6.45, 7) is 4.66. The van der Waals surface area contributed by atoms with Crippen molar-refractivity contribution in [2.75, 3.05) is 0 Å². The molecule has 0 aromatic heterocycles. The number of amides is 1. The first kappa shape index (κ1) is 12.7. The molecule has 3 heteroatoms. The van der Waals surface area contributed by atoms with E-state index in [0.29, 0.717) is 18.9 Å². The lowest BCUT2D eigenvalue weighted by Crippen LogP contribution is -2.23. The summed E-state index contributed by atoms with van der Waals surface area (Å²) >= 11 is 0. The second kappa shape index (κ2) is 6.28. The maximum atomic E-state index is 11.4. The first-order chi connectivity index (χ1) is 7.61. The van der Waals surface area contributed by atoms with Gasteiger partial charge in [0.1, 0.15) is 0 Å². The maximum absolute atomic E-state index is 11.4. The van der Waals surface area contributed by atoms with Crippen LogP contribution in [0.15, 0.2) is 24.3 Å². The normalized spacial score (nSPS) is 10.5. The largest absolute Gasteiger partial charge is 0.392 e. The van der Waals surface area contributed by atoms with E-state index < -0.39 is 0 Å². The van der Waals surface area contributed by atoms with Crippen LogP contribution in [0.1, 0.15) is 31.4 Å². The van der Waals surface area contributed by atoms with E-state index in [2.05, 4.69) is 5.32 Å². The minimum absolute atomic E-state index is 0.0555. The van der Waals surface area contributed by atoms with Gasteiger partial charge in [0, 0.05) is 13.0 Å². The molecule has 16 heavy (non-hydrogen) atoms. The average molecular weight is 221 g/mol. The summed E-state index contributed by atoms with van der Waals surface area (Å²) in [7, 11) is 0. The fourth-order valence-electron chi connectivity index (χ4n) is 1.41. The molecule has 1 amide bonds. The molecule has 0 saturated carbocycles. The van der Waals surface area contributed by atoms with Crippen LogP contribution in [-0.4, -0.2) is 11.0 Å². The molecule has 3 nitrogen and oxygen atoms in total. The second-order valence-corrected chi connectivity index (χ2v) is 4.35. The quantitative estimate of drug-likeness (QED) is 0.797. The van der Waals surface area contributed by atoms with Crippen LogP contribution in [0.2, 0.25) is 0 Å². The first-order valence-corrected chi connectivity index (χ1v) is 5.57. The number of carbonyl (C=O) groups excluding carboxylic acids is 1. The lowest BCUT2D eigenvalue weighted by atomic mass is 10.1. The predicted molar refractivity (Wildman–Crippen MR) is 63.7 cm³/mol. The van der Waals surface area contributed by atoms with Gasteiger partial charge in [-0.2, -0.15) is 0 Å². The highest BCUT2D eigenvalue weighted by atomic mass is 16.3. The number of aliphatic hydroxyl groups is 1. The van der Waals surface area contributed by atoms with Gasteiger partial charge in [-0.3, -0.25) is 4.79 Å². The Labute approximate surface area is 96.5 Å². The lowest BCUT2D eigenvalue weighted by molar-refractivity contribution is -0.121. The van der Waals surface area contributed by atoms with E-state index in [-0.39, 0.29) is 12.5 Å². The van der Waals surface area contributed by atoms with Gasteiger partial charge in [0.25, 0.3) is 0 Å². The predicted octanol–water partition coefficient (Wildman–Crippen LogP) is 1.84. The van der Waals surface area contributed by atoms with Crippen molar-refractivity contribution in [2.45, 2.75) is 33.4 Å². The van der Waals surface area contributed by atoms with E-state index in [1.54, 1.807) is 0 Å². The monoisotopic (exact) mass is 221 g/mol. The highest BCUT2D eigenvalue weighted by molar-refractivity contribution is 5.76. The van der Waals surface area contributed by atoms with Crippen LogP contribution in [0.25, 0.3) is 0 Å². The number of hydrogen-bond donors (Lipinski definition) is 2. The first-order valence-electron chi connectivity index (χ1n) is 5.57. The molecule has 0 aliphatic carbocycles. The number of carbonyl (C=O) groups is 1. The van der Waals surface area contributed by atoms with Gasteiger partial charge in [-0.05, 0) is 17.0 Å². The highest BCUT2D eigenvalue weighted by Crippen LogP contribution is 2.04. The van der Waals surface area contributed by atoms with E-state index in [0.717, 1.165) is 11.1 Å². The van der Waals surface area contributed by atoms with Gasteiger partial charge in [-0.1, -0.05) is 38.1 Å². The van der Waals surface area contributed by atoms with E-state index in [4.69, 9.17) is 5.11 Å². The van der Waals surface area contributed by atoms with Crippen molar-refractivity contribution in [3.05, 3.63) is 35.4 Å². The third-order valence-electron chi connectivity index (χ3n) is 2.29. The van der Waals surface area contributed by atoms with Crippen LogP contribution < -0.4 is 5.32 Å². The molecule has 1 rings (SSSR count). The van der Waals surface area contributed by atoms with Crippen molar-refractivity contribution in [1.82, 2.24) is 5.32 Å². The van der Waals surface area contributed by atoms with E-state index >= 15 is 0 Å². The van der Waals surface area contributed by atoms with Gasteiger partial charge in [0.15, 0.2) is 0 Å². The van der Waals surface area contributed by atoms with Crippen LogP contribution in [0, 0.1) is 5.92 Å². The summed E-state index contributed by atoms with van der Waals surface area (Å²) in [6, 6.07) is 7.57. The average Bonchev–Trinajstić information content (AvgIpc) is 2.26. The molecular weight excluding hydrogens is 202 g/mol. The van der Waals surface area contributed by atoms with Gasteiger partial charge >= 0.3 is 0 Å². The molecule has 0 atom stereocenters. The van der Waals surface area contributed by atoms with Crippen molar-refractivity contribution in [1.29, 1.82) is 0 Å². The molecule has 1 aromatic rings. The number of aliphatic hydroxyl groups excluding tert-OH is 1. The molecule has 0 heterocycles. The summed E-state index contributed by atoms with van der Waals surface area (Å²) in [6.07, 6.45) is 0.564. The molecule has 88 valence electrons. The zero-order valence-corrected chi connectivity index (χ0v) is 9.86. The zero-order chi connectivity index (χ0) is 12.0. The summed E-state index contributed by atoms with van der Waals surface area (Å²) in [4.78, 5) is 11.4. The molecule has 0 unspecified atom stereocenters.